The van der Waals surface area contributed by atoms with E-state index in [0.29, 0.717) is 17.1 Å². The van der Waals surface area contributed by atoms with Crippen LogP contribution in [-0.4, -0.2) is 46.9 Å². The van der Waals surface area contributed by atoms with Gasteiger partial charge < -0.3 is 15.4 Å². The molecule has 0 fully saturated rings. The van der Waals surface area contributed by atoms with E-state index in [1.165, 1.54) is 18.0 Å². The molecule has 0 aliphatic carbocycles. The van der Waals surface area contributed by atoms with Crippen molar-refractivity contribution in [2.45, 2.75) is 25.9 Å². The zero-order valence-corrected chi connectivity index (χ0v) is 20.0. The van der Waals surface area contributed by atoms with E-state index in [0.717, 1.165) is 23.8 Å². The second-order valence-electron chi connectivity index (χ2n) is 7.79. The first-order chi connectivity index (χ1) is 17.6. The van der Waals surface area contributed by atoms with Crippen LogP contribution in [0, 0.1) is 5.82 Å². The van der Waals surface area contributed by atoms with Crippen LogP contribution in [0.2, 0.25) is 0 Å². The lowest BCUT2D eigenvalue weighted by Gasteiger charge is -2.23. The Kier molecular flexibility index (Phi) is 8.33. The number of hydrogen-bond donors (Lipinski definition) is 1. The third-order valence-electron chi connectivity index (χ3n) is 5.61. The Bertz CT molecular complexity index is 1360. The summed E-state index contributed by atoms with van der Waals surface area (Å²) >= 11 is 0. The number of fused-ring (bicyclic) bond motifs is 3. The van der Waals surface area contributed by atoms with Crippen molar-refractivity contribution in [3.63, 3.8) is 0 Å². The first-order valence-corrected chi connectivity index (χ1v) is 10.8. The van der Waals surface area contributed by atoms with E-state index < -0.39 is 23.5 Å². The Morgan fingerprint density at radius 3 is 2.51 bits per heavy atom. The molecule has 3 aromatic rings. The Balaban J connectivity index is 0.00000186. The molecule has 8 nitrogen and oxygen atoms in total. The minimum Gasteiger partial charge on any atom is -0.383 e. The third-order valence-corrected chi connectivity index (χ3v) is 5.61. The van der Waals surface area contributed by atoms with Gasteiger partial charge in [-0.3, -0.25) is 14.8 Å². The van der Waals surface area contributed by atoms with Crippen LogP contribution in [0.25, 0.3) is 10.9 Å². The number of nitrogens with zero attached hydrogens (tertiary/aromatic N) is 5. The predicted octanol–water partition coefficient (Wildman–Crippen LogP) is 4.57. The lowest BCUT2D eigenvalue weighted by atomic mass is 10.0. The summed E-state index contributed by atoms with van der Waals surface area (Å²) in [4.78, 5) is 30.3. The molecule has 1 aliphatic rings. The van der Waals surface area contributed by atoms with Crippen molar-refractivity contribution < 1.29 is 27.1 Å². The molecular formula is C25H24F4N6O2. The highest BCUT2D eigenvalue weighted by molar-refractivity contribution is 6.01. The first-order valence-electron chi connectivity index (χ1n) is 10.8. The fourth-order valence-electron chi connectivity index (χ4n) is 3.77. The molecule has 12 heteroatoms. The van der Waals surface area contributed by atoms with Gasteiger partial charge in [0.15, 0.2) is 0 Å². The summed E-state index contributed by atoms with van der Waals surface area (Å²) in [6.07, 6.45) is -3.87. The van der Waals surface area contributed by atoms with Gasteiger partial charge in [-0.25, -0.2) is 14.4 Å². The number of benzene rings is 1. The summed E-state index contributed by atoms with van der Waals surface area (Å²) in [6, 6.07) is 4.51. The topological polar surface area (TPSA) is 106 Å². The average molecular weight is 516 g/mol. The number of nitrogen functional groups attached to an aromatic ring is 1. The van der Waals surface area contributed by atoms with Crippen molar-refractivity contribution in [3.8, 4) is 0 Å². The molecule has 0 bridgehead atoms. The second kappa shape index (κ2) is 11.2. The summed E-state index contributed by atoms with van der Waals surface area (Å²) < 4.78 is 59.2. The highest BCUT2D eigenvalue weighted by Gasteiger charge is 2.31. The van der Waals surface area contributed by atoms with Crippen LogP contribution in [0.15, 0.2) is 53.6 Å². The van der Waals surface area contributed by atoms with Gasteiger partial charge in [-0.15, -0.1) is 13.2 Å². The zero-order chi connectivity index (χ0) is 27.3. The number of amides is 1. The number of ether oxygens (including phenoxy) is 1. The van der Waals surface area contributed by atoms with Gasteiger partial charge in [0.05, 0.1) is 48.6 Å². The van der Waals surface area contributed by atoms with E-state index in [4.69, 9.17) is 10.5 Å². The van der Waals surface area contributed by atoms with E-state index >= 15 is 4.39 Å². The van der Waals surface area contributed by atoms with Gasteiger partial charge in [-0.1, -0.05) is 0 Å². The number of halogens is 4. The molecule has 1 amide bonds. The van der Waals surface area contributed by atoms with E-state index in [1.54, 1.807) is 0 Å². The highest BCUT2D eigenvalue weighted by atomic mass is 19.4. The van der Waals surface area contributed by atoms with Gasteiger partial charge in [0.1, 0.15) is 17.5 Å². The van der Waals surface area contributed by atoms with Gasteiger partial charge in [0.2, 0.25) is 0 Å². The SMILES string of the molecule is C=C.C=NC(CN(Cc1ccc(C(F)(F)F)cn1)C(=O)c1cc2c3c(c(N)nc2cc1F)COC3)=NC. The average Bonchev–Trinajstić information content (AvgIpc) is 3.38. The first kappa shape index (κ1) is 27.4. The number of aliphatic imine (C=N–C) groups is 2. The maximum absolute atomic E-state index is 15.1. The predicted molar refractivity (Wildman–Crippen MR) is 133 cm³/mol. The van der Waals surface area contributed by atoms with E-state index in [1.807, 2.05) is 0 Å². The van der Waals surface area contributed by atoms with Crippen molar-refractivity contribution in [2.75, 3.05) is 19.3 Å². The number of pyridine rings is 2. The molecule has 2 aromatic heterocycles. The quantitative estimate of drug-likeness (QED) is 0.231. The van der Waals surface area contributed by atoms with Crippen LogP contribution in [0.3, 0.4) is 0 Å². The van der Waals surface area contributed by atoms with E-state index in [-0.39, 0.29) is 54.7 Å². The number of carbonyl (C=O) groups excluding carboxylic acids is 1. The van der Waals surface area contributed by atoms with Crippen molar-refractivity contribution in [3.05, 3.63) is 77.4 Å². The second-order valence-corrected chi connectivity index (χ2v) is 7.79. The normalized spacial score (nSPS) is 13.1. The minimum atomic E-state index is -4.55. The number of amidine groups is 1. The van der Waals surface area contributed by atoms with Crippen molar-refractivity contribution >= 4 is 35.2 Å². The Hall–Kier alpha value is -4.19. The Morgan fingerprint density at radius 2 is 1.92 bits per heavy atom. The molecule has 1 aliphatic heterocycles. The smallest absolute Gasteiger partial charge is 0.383 e. The summed E-state index contributed by atoms with van der Waals surface area (Å²) in [5.74, 6) is -1.16. The van der Waals surface area contributed by atoms with Crippen molar-refractivity contribution in [1.29, 1.82) is 0 Å². The highest BCUT2D eigenvalue weighted by Crippen LogP contribution is 2.33. The van der Waals surface area contributed by atoms with E-state index in [2.05, 4.69) is 39.8 Å². The molecule has 37 heavy (non-hydrogen) atoms. The molecule has 0 saturated heterocycles. The molecule has 1 aromatic carbocycles. The lowest BCUT2D eigenvalue weighted by Crippen LogP contribution is -2.35. The number of rotatable bonds is 5. The number of hydrogen-bond acceptors (Lipinski definition) is 6. The summed E-state index contributed by atoms with van der Waals surface area (Å²) in [5.41, 5.74) is 6.61. The maximum atomic E-state index is 15.1. The van der Waals surface area contributed by atoms with Gasteiger partial charge in [-0.2, -0.15) is 13.2 Å². The number of carbonyl (C=O) groups is 1. The van der Waals surface area contributed by atoms with Gasteiger partial charge in [-0.05, 0) is 30.5 Å². The summed E-state index contributed by atoms with van der Waals surface area (Å²) in [5, 5.41) is 0.523. The number of aromatic nitrogens is 2. The number of nitrogens with two attached hydrogens (primary N) is 1. The summed E-state index contributed by atoms with van der Waals surface area (Å²) in [7, 11) is 1.44. The minimum absolute atomic E-state index is 0.163. The van der Waals surface area contributed by atoms with Crippen molar-refractivity contribution in [2.24, 2.45) is 9.98 Å². The van der Waals surface area contributed by atoms with Crippen LogP contribution >= 0.6 is 0 Å². The molecule has 0 unspecified atom stereocenters. The Labute approximate surface area is 210 Å². The van der Waals surface area contributed by atoms with Crippen LogP contribution in [0.5, 0.6) is 0 Å². The fraction of sp³-hybridized carbons (Fsp3) is 0.240. The van der Waals surface area contributed by atoms with Crippen LogP contribution in [-0.2, 0) is 30.7 Å². The van der Waals surface area contributed by atoms with Crippen LogP contribution in [0.1, 0.15) is 32.7 Å². The molecule has 0 saturated carbocycles. The largest absolute Gasteiger partial charge is 0.417 e. The third kappa shape index (κ3) is 5.80. The van der Waals surface area contributed by atoms with Crippen molar-refractivity contribution in [1.82, 2.24) is 14.9 Å². The number of anilines is 1. The van der Waals surface area contributed by atoms with Gasteiger partial charge in [0.25, 0.3) is 5.91 Å². The maximum Gasteiger partial charge on any atom is 0.417 e. The van der Waals surface area contributed by atoms with Crippen LogP contribution < -0.4 is 5.73 Å². The monoisotopic (exact) mass is 516 g/mol. The van der Waals surface area contributed by atoms with Crippen LogP contribution in [0.4, 0.5) is 23.4 Å². The van der Waals surface area contributed by atoms with Gasteiger partial charge >= 0.3 is 6.18 Å². The lowest BCUT2D eigenvalue weighted by molar-refractivity contribution is -0.137. The molecule has 0 spiro atoms. The molecule has 0 atom stereocenters. The Morgan fingerprint density at radius 1 is 1.22 bits per heavy atom. The fourth-order valence-corrected chi connectivity index (χ4v) is 3.77. The molecule has 194 valence electrons. The van der Waals surface area contributed by atoms with E-state index in [9.17, 15) is 18.0 Å². The molecule has 2 N–H and O–H groups in total. The molecular weight excluding hydrogens is 492 g/mol. The standard InChI is InChI=1S/C23H20F4N6O2.C2H4/c1-29-20(30-2)9-33(8-13-4-3-12(7-31-13)23(25,26)27)22(34)15-5-14-16-10-35-11-17(16)21(28)32-19(14)6-18(15)24;1-2/h3-7H,1,8-11H2,2H3,(H2,28,32);1-2H2. The molecule has 3 heterocycles. The van der Waals surface area contributed by atoms with Gasteiger partial charge in [0, 0.05) is 30.3 Å². The zero-order valence-electron chi connectivity index (χ0n) is 20.0. The number of alkyl halides is 3. The summed E-state index contributed by atoms with van der Waals surface area (Å²) in [6.45, 7) is 9.52. The molecule has 4 rings (SSSR count). The molecule has 0 radical (unpaired) electrons.